The molecule has 0 radical (unpaired) electrons. The third-order valence-corrected chi connectivity index (χ3v) is 3.02. The van der Waals surface area contributed by atoms with E-state index in [9.17, 15) is 13.6 Å². The number of rotatable bonds is 2. The van der Waals surface area contributed by atoms with Crippen LogP contribution in [0.5, 0.6) is 0 Å². The van der Waals surface area contributed by atoms with Crippen LogP contribution in [0, 0.1) is 18.7 Å². The first-order valence-corrected chi connectivity index (χ1v) is 5.75. The van der Waals surface area contributed by atoms with Crippen LogP contribution < -0.4 is 5.32 Å². The predicted octanol–water partition coefficient (Wildman–Crippen LogP) is 3.57. The van der Waals surface area contributed by atoms with Gasteiger partial charge in [0.05, 0.1) is 5.56 Å². The molecule has 1 aromatic heterocycles. The van der Waals surface area contributed by atoms with E-state index in [4.69, 9.17) is 11.6 Å². The van der Waals surface area contributed by atoms with Crippen molar-refractivity contribution in [2.24, 2.45) is 0 Å². The molecule has 2 aromatic rings. The van der Waals surface area contributed by atoms with E-state index < -0.39 is 23.2 Å². The molecule has 0 unspecified atom stereocenters. The molecule has 1 N–H and O–H groups in total. The second-order valence-electron chi connectivity index (χ2n) is 3.83. The molecule has 0 saturated carbocycles. The van der Waals surface area contributed by atoms with E-state index in [0.29, 0.717) is 16.3 Å². The second-order valence-corrected chi connectivity index (χ2v) is 4.24. The van der Waals surface area contributed by atoms with E-state index in [1.165, 1.54) is 0 Å². The topological polar surface area (TPSA) is 42.0 Å². The number of amides is 1. The van der Waals surface area contributed by atoms with Crippen LogP contribution in [-0.2, 0) is 0 Å². The number of aromatic nitrogens is 1. The molecule has 1 amide bonds. The molecule has 0 aliphatic heterocycles. The number of anilines is 1. The fraction of sp³-hybridized carbons (Fsp3) is 0.0769. The third kappa shape index (κ3) is 2.71. The third-order valence-electron chi connectivity index (χ3n) is 2.61. The lowest BCUT2D eigenvalue weighted by atomic mass is 10.2. The Bertz CT molecular complexity index is 647. The van der Waals surface area contributed by atoms with Crippen LogP contribution in [0.15, 0.2) is 30.5 Å². The monoisotopic (exact) mass is 282 g/mol. The van der Waals surface area contributed by atoms with E-state index in [1.54, 1.807) is 25.1 Å². The molecule has 98 valence electrons. The molecule has 0 saturated heterocycles. The molecule has 19 heavy (non-hydrogen) atoms. The van der Waals surface area contributed by atoms with Crippen molar-refractivity contribution >= 4 is 23.2 Å². The lowest BCUT2D eigenvalue weighted by molar-refractivity contribution is 0.102. The zero-order valence-corrected chi connectivity index (χ0v) is 10.6. The number of hydrogen-bond acceptors (Lipinski definition) is 2. The second kappa shape index (κ2) is 5.32. The van der Waals surface area contributed by atoms with Crippen LogP contribution in [0.25, 0.3) is 0 Å². The number of carbonyl (C=O) groups excluding carboxylic acids is 1. The minimum absolute atomic E-state index is 0.410. The zero-order chi connectivity index (χ0) is 14.0. The van der Waals surface area contributed by atoms with Gasteiger partial charge in [0, 0.05) is 16.9 Å². The summed E-state index contributed by atoms with van der Waals surface area (Å²) in [4.78, 5) is 15.0. The summed E-state index contributed by atoms with van der Waals surface area (Å²) in [6, 6.07) is 6.04. The number of nitrogens with zero attached hydrogens (tertiary/aromatic N) is 1. The Morgan fingerprint density at radius 1 is 1.32 bits per heavy atom. The van der Waals surface area contributed by atoms with Gasteiger partial charge in [-0.3, -0.25) is 4.79 Å². The molecule has 2 rings (SSSR count). The molecular weight excluding hydrogens is 274 g/mol. The van der Waals surface area contributed by atoms with Crippen molar-refractivity contribution in [2.75, 3.05) is 5.32 Å². The van der Waals surface area contributed by atoms with Crippen molar-refractivity contribution in [2.45, 2.75) is 6.92 Å². The Morgan fingerprint density at radius 3 is 2.79 bits per heavy atom. The Balaban J connectivity index is 2.31. The molecule has 0 spiro atoms. The van der Waals surface area contributed by atoms with Gasteiger partial charge in [-0.25, -0.2) is 9.37 Å². The quantitative estimate of drug-likeness (QED) is 0.856. The maximum Gasteiger partial charge on any atom is 0.258 e. The SMILES string of the molecule is Cc1c(Cl)cccc1NC(=O)c1ccnc(F)c1F. The van der Waals surface area contributed by atoms with Crippen LogP contribution >= 0.6 is 11.6 Å². The van der Waals surface area contributed by atoms with E-state index >= 15 is 0 Å². The summed E-state index contributed by atoms with van der Waals surface area (Å²) in [7, 11) is 0. The summed E-state index contributed by atoms with van der Waals surface area (Å²) in [6.45, 7) is 1.71. The average molecular weight is 283 g/mol. The maximum atomic E-state index is 13.4. The Labute approximate surface area is 113 Å². The average Bonchev–Trinajstić information content (AvgIpc) is 2.38. The van der Waals surface area contributed by atoms with Crippen LogP contribution in [0.2, 0.25) is 5.02 Å². The highest BCUT2D eigenvalue weighted by Gasteiger charge is 2.17. The lowest BCUT2D eigenvalue weighted by Gasteiger charge is -2.09. The van der Waals surface area contributed by atoms with E-state index in [0.717, 1.165) is 12.3 Å². The van der Waals surface area contributed by atoms with E-state index in [-0.39, 0.29) is 0 Å². The largest absolute Gasteiger partial charge is 0.322 e. The summed E-state index contributed by atoms with van der Waals surface area (Å²) >= 11 is 5.90. The highest BCUT2D eigenvalue weighted by atomic mass is 35.5. The van der Waals surface area contributed by atoms with Crippen LogP contribution in [0.3, 0.4) is 0 Å². The van der Waals surface area contributed by atoms with Gasteiger partial charge in [-0.2, -0.15) is 4.39 Å². The number of carbonyl (C=O) groups is 1. The van der Waals surface area contributed by atoms with Crippen molar-refractivity contribution < 1.29 is 13.6 Å². The molecule has 0 aliphatic carbocycles. The smallest absolute Gasteiger partial charge is 0.258 e. The van der Waals surface area contributed by atoms with Gasteiger partial charge in [0.25, 0.3) is 5.91 Å². The first-order chi connectivity index (χ1) is 9.00. The standard InChI is InChI=1S/C13H9ClF2N2O/c1-7-9(14)3-2-4-10(7)18-13(19)8-5-6-17-12(16)11(8)15/h2-6H,1H3,(H,18,19). The van der Waals surface area contributed by atoms with Gasteiger partial charge in [-0.15, -0.1) is 0 Å². The Kier molecular flexibility index (Phi) is 3.76. The highest BCUT2D eigenvalue weighted by Crippen LogP contribution is 2.23. The van der Waals surface area contributed by atoms with E-state index in [1.807, 2.05) is 0 Å². The minimum Gasteiger partial charge on any atom is -0.322 e. The number of hydrogen-bond donors (Lipinski definition) is 1. The zero-order valence-electron chi connectivity index (χ0n) is 9.88. The van der Waals surface area contributed by atoms with Gasteiger partial charge >= 0.3 is 0 Å². The van der Waals surface area contributed by atoms with Crippen molar-refractivity contribution in [3.63, 3.8) is 0 Å². The van der Waals surface area contributed by atoms with Gasteiger partial charge in [-0.1, -0.05) is 17.7 Å². The molecule has 0 atom stereocenters. The number of nitrogens with one attached hydrogen (secondary N) is 1. The molecule has 0 fully saturated rings. The predicted molar refractivity (Wildman–Crippen MR) is 68.3 cm³/mol. The summed E-state index contributed by atoms with van der Waals surface area (Å²) in [6.07, 6.45) is 1.03. The molecule has 3 nitrogen and oxygen atoms in total. The van der Waals surface area contributed by atoms with Gasteiger partial charge in [0.15, 0.2) is 5.82 Å². The Morgan fingerprint density at radius 2 is 2.05 bits per heavy atom. The van der Waals surface area contributed by atoms with Crippen molar-refractivity contribution in [1.29, 1.82) is 0 Å². The number of halogens is 3. The molecule has 0 bridgehead atoms. The molecule has 0 aliphatic rings. The molecule has 6 heteroatoms. The maximum absolute atomic E-state index is 13.4. The van der Waals surface area contributed by atoms with Crippen LogP contribution in [0.4, 0.5) is 14.5 Å². The van der Waals surface area contributed by atoms with Gasteiger partial charge in [0.2, 0.25) is 5.95 Å². The number of pyridine rings is 1. The first-order valence-electron chi connectivity index (χ1n) is 5.37. The summed E-state index contributed by atoms with van der Waals surface area (Å²) < 4.78 is 26.3. The minimum atomic E-state index is -1.31. The lowest BCUT2D eigenvalue weighted by Crippen LogP contribution is -2.15. The van der Waals surface area contributed by atoms with Crippen molar-refractivity contribution in [1.82, 2.24) is 4.98 Å². The van der Waals surface area contributed by atoms with Crippen LogP contribution in [-0.4, -0.2) is 10.9 Å². The van der Waals surface area contributed by atoms with Crippen molar-refractivity contribution in [3.05, 3.63) is 58.4 Å². The first kappa shape index (κ1) is 13.4. The highest BCUT2D eigenvalue weighted by molar-refractivity contribution is 6.31. The van der Waals surface area contributed by atoms with Gasteiger partial charge in [0.1, 0.15) is 0 Å². The fourth-order valence-corrected chi connectivity index (χ4v) is 1.70. The van der Waals surface area contributed by atoms with Gasteiger partial charge < -0.3 is 5.32 Å². The Hall–Kier alpha value is -2.01. The number of benzene rings is 1. The van der Waals surface area contributed by atoms with E-state index in [2.05, 4.69) is 10.3 Å². The summed E-state index contributed by atoms with van der Waals surface area (Å²) in [5, 5.41) is 2.95. The molecule has 1 heterocycles. The normalized spacial score (nSPS) is 10.3. The summed E-state index contributed by atoms with van der Waals surface area (Å²) in [5.74, 6) is -3.35. The van der Waals surface area contributed by atoms with Crippen molar-refractivity contribution in [3.8, 4) is 0 Å². The fourth-order valence-electron chi connectivity index (χ4n) is 1.53. The molecular formula is C13H9ClF2N2O. The van der Waals surface area contributed by atoms with Gasteiger partial charge in [-0.05, 0) is 30.7 Å². The van der Waals surface area contributed by atoms with Crippen LogP contribution in [0.1, 0.15) is 15.9 Å². The molecule has 1 aromatic carbocycles. The summed E-state index contributed by atoms with van der Waals surface area (Å²) in [5.41, 5.74) is 0.674.